The molecule has 6 heteroatoms. The molecule has 0 unspecified atom stereocenters. The number of anilines is 1. The smallest absolute Gasteiger partial charge is 0.150 e. The molecular weight excluding hydrogens is 360 g/mol. The first-order valence-corrected chi connectivity index (χ1v) is 10.7. The van der Waals surface area contributed by atoms with Crippen molar-refractivity contribution < 1.29 is 0 Å². The highest BCUT2D eigenvalue weighted by molar-refractivity contribution is 5.91. The highest BCUT2D eigenvalue weighted by Gasteiger charge is 2.27. The van der Waals surface area contributed by atoms with Gasteiger partial charge in [-0.25, -0.2) is 9.97 Å². The molecular formula is C23H28N6. The van der Waals surface area contributed by atoms with E-state index in [9.17, 15) is 0 Å². The van der Waals surface area contributed by atoms with Gasteiger partial charge in [0.2, 0.25) is 0 Å². The van der Waals surface area contributed by atoms with E-state index in [2.05, 4.69) is 50.9 Å². The highest BCUT2D eigenvalue weighted by Crippen LogP contribution is 2.38. The molecule has 1 saturated carbocycles. The zero-order chi connectivity index (χ0) is 19.8. The lowest BCUT2D eigenvalue weighted by atomic mass is 9.81. The van der Waals surface area contributed by atoms with Crippen molar-refractivity contribution in [3.63, 3.8) is 0 Å². The molecule has 1 aliphatic carbocycles. The normalized spacial score (nSPS) is 19.9. The lowest BCUT2D eigenvalue weighted by molar-refractivity contribution is 0.309. The summed E-state index contributed by atoms with van der Waals surface area (Å²) >= 11 is 0. The number of para-hydroxylation sites is 1. The lowest BCUT2D eigenvalue weighted by Gasteiger charge is -2.28. The third-order valence-electron chi connectivity index (χ3n) is 6.29. The minimum Gasteiger partial charge on any atom is -0.382 e. The Hall–Kier alpha value is -2.86. The molecule has 0 radical (unpaired) electrons. The molecule has 0 atom stereocenters. The van der Waals surface area contributed by atoms with E-state index >= 15 is 0 Å². The fourth-order valence-corrected chi connectivity index (χ4v) is 4.74. The van der Waals surface area contributed by atoms with Crippen LogP contribution in [-0.2, 0) is 0 Å². The first kappa shape index (κ1) is 18.2. The van der Waals surface area contributed by atoms with Crippen molar-refractivity contribution in [3.8, 4) is 11.4 Å². The summed E-state index contributed by atoms with van der Waals surface area (Å²) in [5, 5.41) is 4.68. The molecule has 3 aromatic heterocycles. The molecule has 1 aliphatic rings. The zero-order valence-corrected chi connectivity index (χ0v) is 16.9. The summed E-state index contributed by atoms with van der Waals surface area (Å²) in [6.45, 7) is 4.35. The molecule has 6 nitrogen and oxygen atoms in total. The number of aromatic nitrogens is 4. The summed E-state index contributed by atoms with van der Waals surface area (Å²) in [7, 11) is 0. The molecule has 0 aliphatic heterocycles. The van der Waals surface area contributed by atoms with Gasteiger partial charge in [0.1, 0.15) is 22.9 Å². The van der Waals surface area contributed by atoms with E-state index in [1.165, 1.54) is 31.1 Å². The summed E-state index contributed by atoms with van der Waals surface area (Å²) in [6.07, 6.45) is 8.61. The monoisotopic (exact) mass is 388 g/mol. The summed E-state index contributed by atoms with van der Waals surface area (Å²) in [5.41, 5.74) is 10.2. The number of benzene rings is 1. The molecule has 0 bridgehead atoms. The zero-order valence-electron chi connectivity index (χ0n) is 16.9. The van der Waals surface area contributed by atoms with E-state index in [0.29, 0.717) is 11.7 Å². The molecule has 3 heterocycles. The largest absolute Gasteiger partial charge is 0.382 e. The predicted molar refractivity (Wildman–Crippen MR) is 118 cm³/mol. The maximum absolute atomic E-state index is 6.31. The molecule has 1 aromatic carbocycles. The Morgan fingerprint density at radius 3 is 2.83 bits per heavy atom. The lowest BCUT2D eigenvalue weighted by Crippen LogP contribution is -2.26. The third-order valence-corrected chi connectivity index (χ3v) is 6.29. The van der Waals surface area contributed by atoms with E-state index < -0.39 is 0 Å². The number of nitrogens with zero attached hydrogens (tertiary/aromatic N) is 3. The van der Waals surface area contributed by atoms with Gasteiger partial charge < -0.3 is 16.0 Å². The van der Waals surface area contributed by atoms with Crippen molar-refractivity contribution in [2.45, 2.75) is 38.5 Å². The molecule has 4 N–H and O–H groups in total. The first-order chi connectivity index (χ1) is 14.2. The van der Waals surface area contributed by atoms with Crippen LogP contribution in [0, 0.1) is 5.92 Å². The minimum atomic E-state index is 0.459. The van der Waals surface area contributed by atoms with Crippen LogP contribution in [0.4, 0.5) is 5.82 Å². The predicted octanol–water partition coefficient (Wildman–Crippen LogP) is 4.34. The summed E-state index contributed by atoms with van der Waals surface area (Å²) in [6, 6.07) is 10.5. The second-order valence-electron chi connectivity index (χ2n) is 8.15. The number of nitrogens with one attached hydrogen (secondary N) is 2. The van der Waals surface area contributed by atoms with Crippen molar-refractivity contribution in [1.82, 2.24) is 24.7 Å². The van der Waals surface area contributed by atoms with Gasteiger partial charge in [-0.05, 0) is 56.8 Å². The van der Waals surface area contributed by atoms with Gasteiger partial charge in [0.15, 0.2) is 0 Å². The van der Waals surface area contributed by atoms with E-state index in [1.807, 2.05) is 12.3 Å². The Morgan fingerprint density at radius 1 is 1.21 bits per heavy atom. The van der Waals surface area contributed by atoms with Crippen LogP contribution in [0.25, 0.3) is 27.8 Å². The number of hydrogen-bond donors (Lipinski definition) is 3. The number of nitrogens with two attached hydrogens (primary N) is 1. The molecule has 0 amide bonds. The fraction of sp³-hybridized carbons (Fsp3) is 0.391. The number of fused-ring (bicyclic) bond motifs is 2. The molecule has 0 saturated heterocycles. The van der Waals surface area contributed by atoms with Gasteiger partial charge in [0, 0.05) is 29.2 Å². The Labute approximate surface area is 170 Å². The van der Waals surface area contributed by atoms with Crippen LogP contribution in [0.1, 0.15) is 44.3 Å². The van der Waals surface area contributed by atoms with Crippen LogP contribution in [0.15, 0.2) is 42.7 Å². The number of aromatic amines is 1. The third kappa shape index (κ3) is 3.27. The average Bonchev–Trinajstić information content (AvgIpc) is 3.35. The number of H-pyrrole nitrogens is 1. The molecule has 4 aromatic rings. The minimum absolute atomic E-state index is 0.459. The number of imidazole rings is 1. The topological polar surface area (TPSA) is 84.0 Å². The second-order valence-corrected chi connectivity index (χ2v) is 8.15. The Morgan fingerprint density at radius 2 is 2.03 bits per heavy atom. The quantitative estimate of drug-likeness (QED) is 0.475. The van der Waals surface area contributed by atoms with Crippen LogP contribution in [0.5, 0.6) is 0 Å². The maximum Gasteiger partial charge on any atom is 0.150 e. The van der Waals surface area contributed by atoms with Gasteiger partial charge in [-0.1, -0.05) is 25.1 Å². The summed E-state index contributed by atoms with van der Waals surface area (Å²) in [4.78, 5) is 13.0. The highest BCUT2D eigenvalue weighted by atomic mass is 15.1. The van der Waals surface area contributed by atoms with Gasteiger partial charge >= 0.3 is 0 Å². The van der Waals surface area contributed by atoms with Crippen molar-refractivity contribution >= 4 is 22.2 Å². The van der Waals surface area contributed by atoms with E-state index in [4.69, 9.17) is 10.7 Å². The van der Waals surface area contributed by atoms with Crippen molar-refractivity contribution in [2.24, 2.45) is 5.92 Å². The van der Waals surface area contributed by atoms with Crippen molar-refractivity contribution in [2.75, 3.05) is 18.8 Å². The molecule has 150 valence electrons. The van der Waals surface area contributed by atoms with Gasteiger partial charge in [-0.2, -0.15) is 0 Å². The maximum atomic E-state index is 6.31. The Balaban J connectivity index is 1.53. The SMILES string of the molecule is CCNCC1CCC(c2nc(-c3cc4ccccc4[nH]3)c3c(N)nccn23)CC1. The number of rotatable bonds is 5. The van der Waals surface area contributed by atoms with Gasteiger partial charge in [0.05, 0.1) is 5.69 Å². The molecule has 0 spiro atoms. The van der Waals surface area contributed by atoms with E-state index in [1.54, 1.807) is 6.20 Å². The Kier molecular flexibility index (Phi) is 4.72. The average molecular weight is 389 g/mol. The second kappa shape index (κ2) is 7.52. The molecule has 1 fully saturated rings. The Bertz CT molecular complexity index is 1100. The summed E-state index contributed by atoms with van der Waals surface area (Å²) < 4.78 is 2.17. The van der Waals surface area contributed by atoms with Crippen molar-refractivity contribution in [3.05, 3.63) is 48.5 Å². The fourth-order valence-electron chi connectivity index (χ4n) is 4.74. The van der Waals surface area contributed by atoms with Gasteiger partial charge in [-0.15, -0.1) is 0 Å². The summed E-state index contributed by atoms with van der Waals surface area (Å²) in [5.74, 6) is 2.88. The number of hydrogen-bond acceptors (Lipinski definition) is 4. The molecule has 29 heavy (non-hydrogen) atoms. The van der Waals surface area contributed by atoms with Gasteiger partial charge in [-0.3, -0.25) is 4.40 Å². The van der Waals surface area contributed by atoms with Crippen molar-refractivity contribution in [1.29, 1.82) is 0 Å². The van der Waals surface area contributed by atoms with Gasteiger partial charge in [0.25, 0.3) is 0 Å². The van der Waals surface area contributed by atoms with Crippen LogP contribution in [0.3, 0.4) is 0 Å². The first-order valence-electron chi connectivity index (χ1n) is 10.7. The standard InChI is InChI=1S/C23H28N6/c1-2-25-14-15-7-9-16(10-8-15)23-28-20(21-22(24)26-11-12-29(21)23)19-13-17-5-3-4-6-18(17)27-19/h3-6,11-13,15-16,25,27H,2,7-10,14H2,1H3,(H2,24,26). The van der Waals surface area contributed by atoms with Crippen LogP contribution in [0.2, 0.25) is 0 Å². The van der Waals surface area contributed by atoms with Crippen LogP contribution >= 0.6 is 0 Å². The number of nitrogen functional groups attached to an aromatic ring is 1. The van der Waals surface area contributed by atoms with Crippen LogP contribution in [-0.4, -0.2) is 32.4 Å². The van der Waals surface area contributed by atoms with Crippen LogP contribution < -0.4 is 11.1 Å². The molecule has 5 rings (SSSR count). The van der Waals surface area contributed by atoms with E-state index in [-0.39, 0.29) is 0 Å². The van der Waals surface area contributed by atoms with E-state index in [0.717, 1.165) is 47.3 Å².